The zero-order valence-electron chi connectivity index (χ0n) is 19.0. The summed E-state index contributed by atoms with van der Waals surface area (Å²) < 4.78 is 7.09. The highest BCUT2D eigenvalue weighted by molar-refractivity contribution is 6.04. The first-order chi connectivity index (χ1) is 14.6. The molecule has 0 aliphatic rings. The lowest BCUT2D eigenvalue weighted by Crippen LogP contribution is -2.13. The highest BCUT2D eigenvalue weighted by atomic mass is 16.5. The fraction of sp³-hybridized carbons (Fsp3) is 0.333. The van der Waals surface area contributed by atoms with Crippen molar-refractivity contribution in [3.8, 4) is 12.0 Å². The van der Waals surface area contributed by atoms with Gasteiger partial charge in [-0.1, -0.05) is 32.0 Å². The summed E-state index contributed by atoms with van der Waals surface area (Å²) in [5.41, 5.74) is 4.65. The summed E-state index contributed by atoms with van der Waals surface area (Å²) >= 11 is 0. The van der Waals surface area contributed by atoms with Gasteiger partial charge < -0.3 is 9.84 Å². The molecule has 0 bridgehead atoms. The van der Waals surface area contributed by atoms with Crippen LogP contribution in [0.15, 0.2) is 40.1 Å². The van der Waals surface area contributed by atoms with Gasteiger partial charge in [0.15, 0.2) is 5.82 Å². The Morgan fingerprint density at radius 2 is 1.97 bits per heavy atom. The molecule has 0 aliphatic heterocycles. The number of nitrogens with one attached hydrogen (secondary N) is 1. The van der Waals surface area contributed by atoms with Crippen molar-refractivity contribution in [3.63, 3.8) is 0 Å². The molecule has 0 fully saturated rings. The van der Waals surface area contributed by atoms with Gasteiger partial charge in [-0.2, -0.15) is 0 Å². The van der Waals surface area contributed by atoms with Crippen molar-refractivity contribution < 1.29 is 9.32 Å². The summed E-state index contributed by atoms with van der Waals surface area (Å²) in [5, 5.41) is 6.72. The average Bonchev–Trinajstić information content (AvgIpc) is 3.33. The second-order valence-corrected chi connectivity index (χ2v) is 8.40. The summed E-state index contributed by atoms with van der Waals surface area (Å²) in [7, 11) is 1.74. The summed E-state index contributed by atoms with van der Waals surface area (Å²) in [4.78, 5) is 21.3. The van der Waals surface area contributed by atoms with E-state index in [1.54, 1.807) is 36.1 Å². The second-order valence-electron chi connectivity index (χ2n) is 8.40. The Morgan fingerprint density at radius 3 is 2.61 bits per heavy atom. The Labute approximate surface area is 182 Å². The van der Waals surface area contributed by atoms with Crippen LogP contribution in [-0.4, -0.2) is 33.4 Å². The first-order valence-electron chi connectivity index (χ1n) is 9.99. The van der Waals surface area contributed by atoms with Crippen molar-refractivity contribution in [1.82, 2.24) is 14.7 Å². The minimum atomic E-state index is -0.271. The maximum Gasteiger partial charge on any atom is 0.256 e. The van der Waals surface area contributed by atoms with Crippen LogP contribution in [-0.2, 0) is 5.41 Å². The van der Waals surface area contributed by atoms with Gasteiger partial charge in [0.25, 0.3) is 5.91 Å². The fourth-order valence-electron chi connectivity index (χ4n) is 2.88. The van der Waals surface area contributed by atoms with Gasteiger partial charge in [0.2, 0.25) is 0 Å². The van der Waals surface area contributed by atoms with E-state index in [0.717, 1.165) is 28.2 Å². The lowest BCUT2D eigenvalue weighted by Gasteiger charge is -2.12. The number of benzene rings is 1. The van der Waals surface area contributed by atoms with Gasteiger partial charge in [-0.3, -0.25) is 14.4 Å². The first-order valence-corrected chi connectivity index (χ1v) is 9.99. The van der Waals surface area contributed by atoms with Gasteiger partial charge in [0, 0.05) is 35.7 Å². The molecule has 1 amide bonds. The van der Waals surface area contributed by atoms with Crippen LogP contribution in [0.1, 0.15) is 66.3 Å². The van der Waals surface area contributed by atoms with Crippen molar-refractivity contribution in [3.05, 3.63) is 64.4 Å². The van der Waals surface area contributed by atoms with Gasteiger partial charge in [0.05, 0.1) is 11.4 Å². The summed E-state index contributed by atoms with van der Waals surface area (Å²) in [5.74, 6) is 3.96. The average molecular weight is 418 g/mol. The fourth-order valence-corrected chi connectivity index (χ4v) is 2.88. The smallest absolute Gasteiger partial charge is 0.256 e. The van der Waals surface area contributed by atoms with Crippen LogP contribution in [0.4, 0.5) is 5.82 Å². The zero-order valence-corrected chi connectivity index (χ0v) is 19.0. The van der Waals surface area contributed by atoms with E-state index in [9.17, 15) is 4.79 Å². The lowest BCUT2D eigenvalue weighted by atomic mass is 9.93. The van der Waals surface area contributed by atoms with Gasteiger partial charge in [0.1, 0.15) is 17.8 Å². The molecule has 0 spiro atoms. The van der Waals surface area contributed by atoms with Gasteiger partial charge in [-0.05, 0) is 44.4 Å². The molecule has 1 aromatic carbocycles. The van der Waals surface area contributed by atoms with Crippen LogP contribution in [0.3, 0.4) is 0 Å². The predicted octanol–water partition coefficient (Wildman–Crippen LogP) is 4.33. The Morgan fingerprint density at radius 1 is 1.23 bits per heavy atom. The minimum absolute atomic E-state index is 0.185. The van der Waals surface area contributed by atoms with Crippen molar-refractivity contribution >= 4 is 17.4 Å². The van der Waals surface area contributed by atoms with E-state index in [0.29, 0.717) is 17.1 Å². The third kappa shape index (κ3) is 4.92. The lowest BCUT2D eigenvalue weighted by molar-refractivity contribution is 0.102. The van der Waals surface area contributed by atoms with Crippen molar-refractivity contribution in [2.45, 2.75) is 47.0 Å². The maximum absolute atomic E-state index is 12.7. The van der Waals surface area contributed by atoms with Gasteiger partial charge in [-0.15, -0.1) is 0 Å². The molecule has 0 aliphatic carbocycles. The normalized spacial score (nSPS) is 11.8. The molecule has 3 aromatic rings. The number of aryl methyl sites for hydroxylation is 1. The molecular weight excluding hydrogens is 390 g/mol. The third-order valence-electron chi connectivity index (χ3n) is 4.99. The molecule has 0 radical (unpaired) electrons. The number of aromatic nitrogens is 3. The second kappa shape index (κ2) is 8.60. The van der Waals surface area contributed by atoms with E-state index in [1.165, 1.54) is 0 Å². The Hall–Kier alpha value is -3.66. The molecule has 0 unspecified atom stereocenters. The van der Waals surface area contributed by atoms with Gasteiger partial charge >= 0.3 is 0 Å². The standard InChI is InChI=1S/C24H27N5O2/c1-15-8-9-19(23(30)27-21-13-20(31-28-21)24(4,5)6)12-18(15)10-11-29-14-26-22(17(29)3)16(2)25-7/h8-9,12-14H,1-7H3,(H,27,28,30)/b25-16-. The van der Waals surface area contributed by atoms with E-state index < -0.39 is 0 Å². The van der Waals surface area contributed by atoms with Gasteiger partial charge in [-0.25, -0.2) is 4.98 Å². The minimum Gasteiger partial charge on any atom is -0.359 e. The van der Waals surface area contributed by atoms with E-state index >= 15 is 0 Å². The number of anilines is 1. The molecule has 0 saturated heterocycles. The molecule has 7 nitrogen and oxygen atoms in total. The maximum atomic E-state index is 12.7. The summed E-state index contributed by atoms with van der Waals surface area (Å²) in [6, 6.07) is 10.3. The Bertz CT molecular complexity index is 1210. The topological polar surface area (TPSA) is 85.3 Å². The monoisotopic (exact) mass is 417 g/mol. The third-order valence-corrected chi connectivity index (χ3v) is 4.99. The molecule has 0 atom stereocenters. The Balaban J connectivity index is 1.83. The van der Waals surface area contributed by atoms with Crippen LogP contribution in [0, 0.1) is 25.8 Å². The molecule has 2 heterocycles. The first kappa shape index (κ1) is 22.0. The number of rotatable bonds is 3. The molecule has 0 saturated carbocycles. The molecule has 31 heavy (non-hydrogen) atoms. The van der Waals surface area contributed by atoms with Crippen molar-refractivity contribution in [2.24, 2.45) is 4.99 Å². The number of imidazole rings is 1. The number of hydrogen-bond donors (Lipinski definition) is 1. The van der Waals surface area contributed by atoms with E-state index in [4.69, 9.17) is 4.52 Å². The highest BCUT2D eigenvalue weighted by Crippen LogP contribution is 2.24. The van der Waals surface area contributed by atoms with Crippen molar-refractivity contribution in [2.75, 3.05) is 12.4 Å². The van der Waals surface area contributed by atoms with Crippen LogP contribution < -0.4 is 5.32 Å². The SMILES string of the molecule is C/N=C(/C)c1ncn(C#Cc2cc(C(=O)Nc3cc(C(C)(C)C)on3)ccc2C)c1C. The number of amides is 1. The molecule has 1 N–H and O–H groups in total. The molecule has 7 heteroatoms. The summed E-state index contributed by atoms with van der Waals surface area (Å²) in [6.45, 7) is 11.9. The largest absolute Gasteiger partial charge is 0.359 e. The number of nitrogens with zero attached hydrogens (tertiary/aromatic N) is 4. The number of carbonyl (C=O) groups excluding carboxylic acids is 1. The quantitative estimate of drug-likeness (QED) is 0.508. The van der Waals surface area contributed by atoms with E-state index in [2.05, 4.69) is 32.4 Å². The Kier molecular flexibility index (Phi) is 6.11. The van der Waals surface area contributed by atoms with E-state index in [-0.39, 0.29) is 11.3 Å². The molecule has 3 rings (SSSR count). The molecule has 2 aromatic heterocycles. The van der Waals surface area contributed by atoms with Crippen LogP contribution in [0.2, 0.25) is 0 Å². The molecular formula is C24H27N5O2. The number of hydrogen-bond acceptors (Lipinski definition) is 5. The number of carbonyl (C=O) groups is 1. The van der Waals surface area contributed by atoms with Crippen LogP contribution in [0.25, 0.3) is 0 Å². The van der Waals surface area contributed by atoms with Crippen LogP contribution in [0.5, 0.6) is 0 Å². The van der Waals surface area contributed by atoms with E-state index in [1.807, 2.05) is 47.6 Å². The van der Waals surface area contributed by atoms with Crippen LogP contribution >= 0.6 is 0 Å². The van der Waals surface area contributed by atoms with Crippen molar-refractivity contribution in [1.29, 1.82) is 0 Å². The molecule has 160 valence electrons. The highest BCUT2D eigenvalue weighted by Gasteiger charge is 2.20. The number of aliphatic imine (C=N–C) groups is 1. The summed E-state index contributed by atoms with van der Waals surface area (Å²) in [6.07, 6.45) is 1.68. The zero-order chi connectivity index (χ0) is 22.8. The predicted molar refractivity (Wildman–Crippen MR) is 122 cm³/mol.